The van der Waals surface area contributed by atoms with E-state index in [-0.39, 0.29) is 37.9 Å². The highest BCUT2D eigenvalue weighted by atomic mass is 35.5. The maximum Gasteiger partial charge on any atom is 0.271 e. The Kier molecular flexibility index (Phi) is 5.59. The minimum absolute atomic E-state index is 0.00787. The molecule has 0 aromatic heterocycles. The first-order chi connectivity index (χ1) is 11.2. The van der Waals surface area contributed by atoms with Gasteiger partial charge in [0.25, 0.3) is 15.7 Å². The van der Waals surface area contributed by atoms with Crippen LogP contribution in [0.15, 0.2) is 41.3 Å². The standard InChI is InChI=1S/C14H11Cl3N2O4S/c1-2-18(13-8-10(19(20)21)4-6-11(13)16)24(22,23)14-7-9(15)3-5-12(14)17/h3-8H,2H2,1H3. The highest BCUT2D eigenvalue weighted by Crippen LogP contribution is 2.35. The average Bonchev–Trinajstić information content (AvgIpc) is 2.51. The third-order valence-corrected chi connectivity index (χ3v) is 6.08. The number of hydrogen-bond acceptors (Lipinski definition) is 4. The molecular weight excluding hydrogens is 399 g/mol. The predicted octanol–water partition coefficient (Wildman–Crippen LogP) is 4.77. The monoisotopic (exact) mass is 408 g/mol. The number of nitro benzene ring substituents is 1. The maximum absolute atomic E-state index is 12.9. The second kappa shape index (κ2) is 7.14. The van der Waals surface area contributed by atoms with Crippen LogP contribution in [0.25, 0.3) is 0 Å². The molecule has 0 heterocycles. The summed E-state index contributed by atoms with van der Waals surface area (Å²) >= 11 is 17.9. The van der Waals surface area contributed by atoms with Gasteiger partial charge in [0.2, 0.25) is 0 Å². The van der Waals surface area contributed by atoms with Crippen molar-refractivity contribution in [3.05, 3.63) is 61.6 Å². The Balaban J connectivity index is 2.65. The molecular formula is C14H11Cl3N2O4S. The van der Waals surface area contributed by atoms with Crippen LogP contribution in [0.3, 0.4) is 0 Å². The summed E-state index contributed by atoms with van der Waals surface area (Å²) in [6, 6.07) is 7.60. The molecule has 0 fully saturated rings. The van der Waals surface area contributed by atoms with E-state index < -0.39 is 14.9 Å². The van der Waals surface area contributed by atoms with E-state index in [1.165, 1.54) is 30.3 Å². The molecule has 0 N–H and O–H groups in total. The van der Waals surface area contributed by atoms with Gasteiger partial charge < -0.3 is 0 Å². The molecule has 24 heavy (non-hydrogen) atoms. The zero-order valence-corrected chi connectivity index (χ0v) is 15.3. The molecule has 0 saturated carbocycles. The minimum atomic E-state index is -4.11. The van der Waals surface area contributed by atoms with E-state index in [1.54, 1.807) is 6.92 Å². The van der Waals surface area contributed by atoms with E-state index in [9.17, 15) is 18.5 Å². The predicted molar refractivity (Wildman–Crippen MR) is 94.8 cm³/mol. The van der Waals surface area contributed by atoms with Crippen molar-refractivity contribution in [3.63, 3.8) is 0 Å². The fourth-order valence-electron chi connectivity index (χ4n) is 2.07. The van der Waals surface area contributed by atoms with Crippen molar-refractivity contribution in [3.8, 4) is 0 Å². The van der Waals surface area contributed by atoms with Crippen LogP contribution in [-0.4, -0.2) is 19.9 Å². The van der Waals surface area contributed by atoms with Crippen LogP contribution in [0.4, 0.5) is 11.4 Å². The van der Waals surface area contributed by atoms with Gasteiger partial charge in [-0.05, 0) is 31.2 Å². The Morgan fingerprint density at radius 2 is 1.71 bits per heavy atom. The van der Waals surface area contributed by atoms with Gasteiger partial charge in [-0.1, -0.05) is 34.8 Å². The number of rotatable bonds is 5. The van der Waals surface area contributed by atoms with Crippen molar-refractivity contribution in [1.82, 2.24) is 0 Å². The molecule has 0 aliphatic rings. The van der Waals surface area contributed by atoms with Crippen LogP contribution in [0.5, 0.6) is 0 Å². The van der Waals surface area contributed by atoms with Gasteiger partial charge in [0.05, 0.1) is 20.7 Å². The van der Waals surface area contributed by atoms with Crippen molar-refractivity contribution < 1.29 is 13.3 Å². The van der Waals surface area contributed by atoms with Crippen molar-refractivity contribution >= 4 is 56.2 Å². The first-order valence-electron chi connectivity index (χ1n) is 6.60. The first-order valence-corrected chi connectivity index (χ1v) is 9.17. The summed E-state index contributed by atoms with van der Waals surface area (Å²) < 4.78 is 26.8. The molecule has 0 amide bonds. The lowest BCUT2D eigenvalue weighted by molar-refractivity contribution is -0.384. The number of halogens is 3. The van der Waals surface area contributed by atoms with Crippen molar-refractivity contribution in [2.24, 2.45) is 0 Å². The molecule has 0 aliphatic carbocycles. The van der Waals surface area contributed by atoms with E-state index in [4.69, 9.17) is 34.8 Å². The highest BCUT2D eigenvalue weighted by molar-refractivity contribution is 7.93. The smallest absolute Gasteiger partial charge is 0.265 e. The van der Waals surface area contributed by atoms with Crippen LogP contribution in [0, 0.1) is 10.1 Å². The van der Waals surface area contributed by atoms with Gasteiger partial charge >= 0.3 is 0 Å². The summed E-state index contributed by atoms with van der Waals surface area (Å²) in [5, 5.41) is 11.2. The Bertz CT molecular complexity index is 903. The molecule has 0 bridgehead atoms. The second-order valence-electron chi connectivity index (χ2n) is 4.64. The molecule has 0 radical (unpaired) electrons. The molecule has 2 aromatic rings. The largest absolute Gasteiger partial charge is 0.271 e. The van der Waals surface area contributed by atoms with Crippen LogP contribution in [-0.2, 0) is 10.0 Å². The highest BCUT2D eigenvalue weighted by Gasteiger charge is 2.29. The molecule has 2 rings (SSSR count). The lowest BCUT2D eigenvalue weighted by atomic mass is 10.3. The SMILES string of the molecule is CCN(c1cc([N+](=O)[O-])ccc1Cl)S(=O)(=O)c1cc(Cl)ccc1Cl. The van der Waals surface area contributed by atoms with Gasteiger partial charge in [-0.25, -0.2) is 8.42 Å². The molecule has 6 nitrogen and oxygen atoms in total. The Labute approximate surface area is 153 Å². The number of anilines is 1. The van der Waals surface area contributed by atoms with E-state index in [0.717, 1.165) is 10.4 Å². The summed E-state index contributed by atoms with van der Waals surface area (Å²) in [7, 11) is -4.11. The van der Waals surface area contributed by atoms with Crippen LogP contribution in [0.2, 0.25) is 15.1 Å². The quantitative estimate of drug-likeness (QED) is 0.526. The van der Waals surface area contributed by atoms with E-state index >= 15 is 0 Å². The van der Waals surface area contributed by atoms with Crippen molar-refractivity contribution in [2.75, 3.05) is 10.8 Å². The normalized spacial score (nSPS) is 11.3. The third kappa shape index (κ3) is 3.59. The molecule has 0 saturated heterocycles. The molecule has 0 spiro atoms. The number of benzene rings is 2. The molecule has 128 valence electrons. The third-order valence-electron chi connectivity index (χ3n) is 3.16. The maximum atomic E-state index is 12.9. The average molecular weight is 410 g/mol. The number of hydrogen-bond donors (Lipinski definition) is 0. The number of nitro groups is 1. The second-order valence-corrected chi connectivity index (χ2v) is 7.72. The number of nitrogens with zero attached hydrogens (tertiary/aromatic N) is 2. The Morgan fingerprint density at radius 1 is 1.08 bits per heavy atom. The first kappa shape index (κ1) is 18.8. The van der Waals surface area contributed by atoms with Crippen molar-refractivity contribution in [1.29, 1.82) is 0 Å². The zero-order valence-electron chi connectivity index (χ0n) is 12.2. The summed E-state index contributed by atoms with van der Waals surface area (Å²) in [5.74, 6) is 0. The molecule has 0 atom stereocenters. The van der Waals surface area contributed by atoms with Gasteiger partial charge in [-0.15, -0.1) is 0 Å². The molecule has 10 heteroatoms. The van der Waals surface area contributed by atoms with Gasteiger partial charge in [-0.3, -0.25) is 14.4 Å². The number of sulfonamides is 1. The topological polar surface area (TPSA) is 80.5 Å². The van der Waals surface area contributed by atoms with Crippen LogP contribution >= 0.6 is 34.8 Å². The van der Waals surface area contributed by atoms with Gasteiger partial charge in [0.1, 0.15) is 4.90 Å². The van der Waals surface area contributed by atoms with Gasteiger partial charge in [-0.2, -0.15) is 0 Å². The minimum Gasteiger partial charge on any atom is -0.265 e. The molecule has 0 unspecified atom stereocenters. The zero-order chi connectivity index (χ0) is 18.1. The van der Waals surface area contributed by atoms with Gasteiger partial charge in [0, 0.05) is 23.7 Å². The summed E-state index contributed by atoms with van der Waals surface area (Å²) in [6.45, 7) is 1.57. The van der Waals surface area contributed by atoms with Gasteiger partial charge in [0.15, 0.2) is 0 Å². The van der Waals surface area contributed by atoms with E-state index in [1.807, 2.05) is 0 Å². The fraction of sp³-hybridized carbons (Fsp3) is 0.143. The summed E-state index contributed by atoms with van der Waals surface area (Å²) in [4.78, 5) is 10.1. The fourth-order valence-corrected chi connectivity index (χ4v) is 4.56. The molecule has 2 aromatic carbocycles. The lowest BCUT2D eigenvalue weighted by Crippen LogP contribution is -2.31. The van der Waals surface area contributed by atoms with Crippen molar-refractivity contribution in [2.45, 2.75) is 11.8 Å². The Hall–Kier alpha value is -1.54. The molecule has 0 aliphatic heterocycles. The summed E-state index contributed by atoms with van der Waals surface area (Å²) in [6.07, 6.45) is 0. The lowest BCUT2D eigenvalue weighted by Gasteiger charge is -2.24. The Morgan fingerprint density at radius 3 is 2.29 bits per heavy atom. The van der Waals surface area contributed by atoms with E-state index in [0.29, 0.717) is 0 Å². The van der Waals surface area contributed by atoms with Crippen LogP contribution in [0.1, 0.15) is 6.92 Å². The van der Waals surface area contributed by atoms with Crippen LogP contribution < -0.4 is 4.31 Å². The number of non-ortho nitro benzene ring substituents is 1. The van der Waals surface area contributed by atoms with E-state index in [2.05, 4.69) is 0 Å². The summed E-state index contributed by atoms with van der Waals surface area (Å²) in [5.41, 5.74) is -0.287.